The molecule has 2 aliphatic heterocycles. The van der Waals surface area contributed by atoms with E-state index in [1.165, 1.54) is 5.56 Å². The van der Waals surface area contributed by atoms with Gasteiger partial charge in [-0.05, 0) is 29.2 Å². The van der Waals surface area contributed by atoms with Crippen LogP contribution in [0.5, 0.6) is 0 Å². The first kappa shape index (κ1) is 15.8. The average molecular weight is 337 g/mol. The molecular weight excluding hydrogens is 318 g/mol. The van der Waals surface area contributed by atoms with Gasteiger partial charge in [-0.2, -0.15) is 0 Å². The monoisotopic (exact) mass is 337 g/mol. The molecule has 0 saturated carbocycles. The van der Waals surface area contributed by atoms with E-state index in [1.807, 2.05) is 36.4 Å². The quantitative estimate of drug-likeness (QED) is 0.935. The molecule has 0 spiro atoms. The van der Waals surface area contributed by atoms with Crippen molar-refractivity contribution in [3.63, 3.8) is 0 Å². The fourth-order valence-electron chi connectivity index (χ4n) is 3.77. The van der Waals surface area contributed by atoms with Gasteiger partial charge in [-0.25, -0.2) is 0 Å². The van der Waals surface area contributed by atoms with Gasteiger partial charge in [-0.1, -0.05) is 42.5 Å². The molecule has 1 N–H and O–H groups in total. The van der Waals surface area contributed by atoms with Crippen molar-refractivity contribution < 1.29 is 19.4 Å². The van der Waals surface area contributed by atoms with Gasteiger partial charge in [-0.15, -0.1) is 0 Å². The van der Waals surface area contributed by atoms with Gasteiger partial charge in [-0.3, -0.25) is 9.59 Å². The molecule has 2 aliphatic rings. The van der Waals surface area contributed by atoms with E-state index in [1.54, 1.807) is 11.0 Å². The number of nitrogens with zero attached hydrogens (tertiary/aromatic N) is 1. The van der Waals surface area contributed by atoms with Crippen LogP contribution in [0.4, 0.5) is 5.69 Å². The number of carbonyl (C=O) groups excluding carboxylic acids is 1. The molecule has 1 amide bonds. The number of fused-ring (bicyclic) bond motifs is 2. The van der Waals surface area contributed by atoms with Crippen molar-refractivity contribution in [2.24, 2.45) is 0 Å². The Labute approximate surface area is 145 Å². The summed E-state index contributed by atoms with van der Waals surface area (Å²) >= 11 is 0. The van der Waals surface area contributed by atoms with Gasteiger partial charge in [0.25, 0.3) is 0 Å². The normalized spacial score (nSPS) is 21.5. The zero-order valence-corrected chi connectivity index (χ0v) is 13.7. The SMILES string of the molecule is O=C(O)[C@@H]1CN(C(=O)C[C@@H]2OCCc3ccccc32)c2ccccc21. The Morgan fingerprint density at radius 2 is 1.80 bits per heavy atom. The van der Waals surface area contributed by atoms with Crippen molar-refractivity contribution >= 4 is 17.6 Å². The number of amides is 1. The molecule has 0 aliphatic carbocycles. The van der Waals surface area contributed by atoms with Gasteiger partial charge in [0.2, 0.25) is 5.91 Å². The predicted octanol–water partition coefficient (Wildman–Crippen LogP) is 2.91. The maximum Gasteiger partial charge on any atom is 0.312 e. The van der Waals surface area contributed by atoms with Crippen LogP contribution in [-0.2, 0) is 20.7 Å². The molecule has 25 heavy (non-hydrogen) atoms. The Hall–Kier alpha value is -2.66. The maximum absolute atomic E-state index is 12.9. The third-order valence-corrected chi connectivity index (χ3v) is 5.02. The Balaban J connectivity index is 1.58. The van der Waals surface area contributed by atoms with Crippen molar-refractivity contribution in [2.75, 3.05) is 18.1 Å². The molecule has 128 valence electrons. The lowest BCUT2D eigenvalue weighted by Crippen LogP contribution is -2.33. The number of carboxylic acids is 1. The van der Waals surface area contributed by atoms with Crippen LogP contribution in [0.2, 0.25) is 0 Å². The summed E-state index contributed by atoms with van der Waals surface area (Å²) in [4.78, 5) is 26.0. The zero-order chi connectivity index (χ0) is 17.4. The number of hydrogen-bond donors (Lipinski definition) is 1. The Morgan fingerprint density at radius 1 is 1.08 bits per heavy atom. The predicted molar refractivity (Wildman–Crippen MR) is 92.6 cm³/mol. The van der Waals surface area contributed by atoms with Gasteiger partial charge in [0, 0.05) is 12.2 Å². The summed E-state index contributed by atoms with van der Waals surface area (Å²) in [7, 11) is 0. The van der Waals surface area contributed by atoms with Gasteiger partial charge in [0.1, 0.15) is 5.92 Å². The molecule has 0 unspecified atom stereocenters. The Morgan fingerprint density at radius 3 is 2.60 bits per heavy atom. The standard InChI is InChI=1S/C20H19NO4/c22-19(11-18-14-6-2-1-5-13(14)9-10-25-18)21-12-16(20(23)24)15-7-3-4-8-17(15)21/h1-8,16,18H,9-12H2,(H,23,24)/t16-,18+/m1/s1. The first-order valence-corrected chi connectivity index (χ1v) is 8.46. The summed E-state index contributed by atoms with van der Waals surface area (Å²) in [6.45, 7) is 0.783. The molecule has 2 heterocycles. The second kappa shape index (κ2) is 6.33. The maximum atomic E-state index is 12.9. The highest BCUT2D eigenvalue weighted by molar-refractivity contribution is 5.99. The van der Waals surface area contributed by atoms with Crippen LogP contribution >= 0.6 is 0 Å². The summed E-state index contributed by atoms with van der Waals surface area (Å²) in [5, 5.41) is 9.45. The first-order chi connectivity index (χ1) is 12.1. The minimum atomic E-state index is -0.901. The molecule has 0 radical (unpaired) electrons. The number of benzene rings is 2. The van der Waals surface area contributed by atoms with Crippen molar-refractivity contribution in [3.8, 4) is 0 Å². The smallest absolute Gasteiger partial charge is 0.312 e. The van der Waals surface area contributed by atoms with E-state index in [9.17, 15) is 14.7 Å². The van der Waals surface area contributed by atoms with Crippen LogP contribution in [0.1, 0.15) is 35.1 Å². The van der Waals surface area contributed by atoms with Crippen LogP contribution in [0.25, 0.3) is 0 Å². The zero-order valence-electron chi connectivity index (χ0n) is 13.7. The molecule has 2 aromatic carbocycles. The Kier molecular flexibility index (Phi) is 4.01. The summed E-state index contributed by atoms with van der Waals surface area (Å²) in [6, 6.07) is 15.3. The lowest BCUT2D eigenvalue weighted by molar-refractivity contribution is -0.138. The molecule has 0 bridgehead atoms. The molecule has 2 aromatic rings. The Bertz CT molecular complexity index is 832. The third-order valence-electron chi connectivity index (χ3n) is 5.02. The van der Waals surface area contributed by atoms with Crippen molar-refractivity contribution in [1.82, 2.24) is 0 Å². The first-order valence-electron chi connectivity index (χ1n) is 8.46. The molecule has 2 atom stereocenters. The fourth-order valence-corrected chi connectivity index (χ4v) is 3.77. The summed E-state index contributed by atoms with van der Waals surface area (Å²) < 4.78 is 5.83. The summed E-state index contributed by atoms with van der Waals surface area (Å²) in [6.07, 6.45) is 0.806. The van der Waals surface area contributed by atoms with E-state index in [0.29, 0.717) is 17.9 Å². The van der Waals surface area contributed by atoms with E-state index in [4.69, 9.17) is 4.74 Å². The fraction of sp³-hybridized carbons (Fsp3) is 0.300. The van der Waals surface area contributed by atoms with Crippen LogP contribution in [0, 0.1) is 0 Å². The van der Waals surface area contributed by atoms with Crippen LogP contribution in [-0.4, -0.2) is 30.1 Å². The number of carboxylic acid groups (broad SMARTS) is 1. The minimum absolute atomic E-state index is 0.0992. The van der Waals surface area contributed by atoms with Gasteiger partial charge in [0.15, 0.2) is 0 Å². The number of carbonyl (C=O) groups is 2. The second-order valence-electron chi connectivity index (χ2n) is 6.47. The summed E-state index contributed by atoms with van der Waals surface area (Å²) in [5.41, 5.74) is 3.68. The molecule has 0 aromatic heterocycles. The number of rotatable bonds is 3. The highest BCUT2D eigenvalue weighted by Gasteiger charge is 2.37. The van der Waals surface area contributed by atoms with Crippen LogP contribution < -0.4 is 4.90 Å². The summed E-state index contributed by atoms with van der Waals surface area (Å²) in [5.74, 6) is -1.67. The number of ether oxygens (including phenoxy) is 1. The highest BCUT2D eigenvalue weighted by Crippen LogP contribution is 2.38. The molecule has 4 rings (SSSR count). The van der Waals surface area contributed by atoms with E-state index in [2.05, 4.69) is 6.07 Å². The van der Waals surface area contributed by atoms with Gasteiger partial charge in [0.05, 0.1) is 19.1 Å². The van der Waals surface area contributed by atoms with Crippen LogP contribution in [0.15, 0.2) is 48.5 Å². The van der Waals surface area contributed by atoms with E-state index in [0.717, 1.165) is 12.0 Å². The number of aliphatic carboxylic acids is 1. The molecule has 0 saturated heterocycles. The van der Waals surface area contributed by atoms with Crippen molar-refractivity contribution in [3.05, 3.63) is 65.2 Å². The average Bonchev–Trinajstić information content (AvgIpc) is 3.02. The number of hydrogen-bond acceptors (Lipinski definition) is 3. The van der Waals surface area contributed by atoms with Crippen molar-refractivity contribution in [2.45, 2.75) is 24.9 Å². The topological polar surface area (TPSA) is 66.8 Å². The third kappa shape index (κ3) is 2.81. The molecule has 5 nitrogen and oxygen atoms in total. The molecule has 5 heteroatoms. The largest absolute Gasteiger partial charge is 0.481 e. The number of anilines is 1. The van der Waals surface area contributed by atoms with Crippen LogP contribution in [0.3, 0.4) is 0 Å². The van der Waals surface area contributed by atoms with Gasteiger partial charge < -0.3 is 14.7 Å². The van der Waals surface area contributed by atoms with Crippen molar-refractivity contribution in [1.29, 1.82) is 0 Å². The highest BCUT2D eigenvalue weighted by atomic mass is 16.5. The second-order valence-corrected chi connectivity index (χ2v) is 6.47. The molecular formula is C20H19NO4. The van der Waals surface area contributed by atoms with E-state index >= 15 is 0 Å². The lowest BCUT2D eigenvalue weighted by atomic mass is 9.95. The van der Waals surface area contributed by atoms with E-state index in [-0.39, 0.29) is 25.0 Å². The molecule has 0 fully saturated rings. The minimum Gasteiger partial charge on any atom is -0.481 e. The van der Waals surface area contributed by atoms with Gasteiger partial charge >= 0.3 is 5.97 Å². The lowest BCUT2D eigenvalue weighted by Gasteiger charge is -2.27. The number of para-hydroxylation sites is 1. The van der Waals surface area contributed by atoms with E-state index < -0.39 is 11.9 Å².